The number of hydrogen-bond acceptors (Lipinski definition) is 2. The lowest BCUT2D eigenvalue weighted by atomic mass is 9.96. The molecule has 2 nitrogen and oxygen atoms in total. The molecule has 0 saturated carbocycles. The van der Waals surface area contributed by atoms with E-state index in [1.165, 1.54) is 5.56 Å². The third-order valence-electron chi connectivity index (χ3n) is 3.51. The number of aliphatic hydroxyl groups excluding tert-OH is 1. The van der Waals surface area contributed by atoms with E-state index in [4.69, 9.17) is 4.74 Å². The molecule has 0 fully saturated rings. The second-order valence-corrected chi connectivity index (χ2v) is 4.72. The molecule has 2 aromatic carbocycles. The summed E-state index contributed by atoms with van der Waals surface area (Å²) < 4.78 is 5.48. The predicted molar refractivity (Wildman–Crippen MR) is 70.9 cm³/mol. The third-order valence-corrected chi connectivity index (χ3v) is 3.51. The van der Waals surface area contributed by atoms with Gasteiger partial charge in [-0.05, 0) is 41.3 Å². The average molecular weight is 240 g/mol. The largest absolute Gasteiger partial charge is 0.493 e. The van der Waals surface area contributed by atoms with Crippen molar-refractivity contribution in [1.29, 1.82) is 0 Å². The third kappa shape index (κ3) is 1.89. The molecule has 0 aromatic heterocycles. The summed E-state index contributed by atoms with van der Waals surface area (Å²) in [6.07, 6.45) is 0.376. The van der Waals surface area contributed by atoms with Crippen molar-refractivity contribution in [2.75, 3.05) is 6.61 Å². The zero-order valence-corrected chi connectivity index (χ0v) is 10.4. The first-order valence-corrected chi connectivity index (χ1v) is 6.25. The molecule has 0 spiro atoms. The predicted octanol–water partition coefficient (Wildman–Crippen LogP) is 3.01. The van der Waals surface area contributed by atoms with Gasteiger partial charge in [0.2, 0.25) is 0 Å². The molecule has 2 aromatic rings. The van der Waals surface area contributed by atoms with Crippen LogP contribution in [0.4, 0.5) is 0 Å². The molecule has 1 unspecified atom stereocenters. The van der Waals surface area contributed by atoms with E-state index in [0.29, 0.717) is 0 Å². The molecule has 92 valence electrons. The summed E-state index contributed by atoms with van der Waals surface area (Å²) in [7, 11) is 0. The van der Waals surface area contributed by atoms with Gasteiger partial charge in [0.05, 0.1) is 6.61 Å². The fourth-order valence-corrected chi connectivity index (χ4v) is 2.45. The Bertz CT molecular complexity index is 575. The smallest absolute Gasteiger partial charge is 0.122 e. The first-order chi connectivity index (χ1) is 8.75. The van der Waals surface area contributed by atoms with Crippen molar-refractivity contribution in [2.24, 2.45) is 0 Å². The lowest BCUT2D eigenvalue weighted by Gasteiger charge is -2.14. The van der Waals surface area contributed by atoms with Crippen molar-refractivity contribution in [3.8, 4) is 5.75 Å². The summed E-state index contributed by atoms with van der Waals surface area (Å²) >= 11 is 0. The van der Waals surface area contributed by atoms with Gasteiger partial charge in [-0.2, -0.15) is 0 Å². The summed E-state index contributed by atoms with van der Waals surface area (Å²) in [4.78, 5) is 0. The van der Waals surface area contributed by atoms with Crippen LogP contribution in [0.5, 0.6) is 5.75 Å². The number of benzene rings is 2. The van der Waals surface area contributed by atoms with Crippen molar-refractivity contribution in [3.63, 3.8) is 0 Å². The van der Waals surface area contributed by atoms with E-state index < -0.39 is 6.10 Å². The van der Waals surface area contributed by atoms with Crippen LogP contribution in [0.15, 0.2) is 42.5 Å². The molecule has 1 atom stereocenters. The maximum absolute atomic E-state index is 10.5. The van der Waals surface area contributed by atoms with E-state index in [-0.39, 0.29) is 0 Å². The van der Waals surface area contributed by atoms with Gasteiger partial charge >= 0.3 is 0 Å². The number of aliphatic hydroxyl groups is 1. The summed E-state index contributed by atoms with van der Waals surface area (Å²) in [6.45, 7) is 2.77. The maximum atomic E-state index is 10.5. The van der Waals surface area contributed by atoms with E-state index in [2.05, 4.69) is 6.07 Å². The van der Waals surface area contributed by atoms with Gasteiger partial charge in [0.15, 0.2) is 0 Å². The minimum absolute atomic E-state index is 0.558. The van der Waals surface area contributed by atoms with Crippen LogP contribution in [0.2, 0.25) is 0 Å². The van der Waals surface area contributed by atoms with Crippen LogP contribution in [0.25, 0.3) is 0 Å². The molecule has 0 bridgehead atoms. The minimum Gasteiger partial charge on any atom is -0.493 e. The second kappa shape index (κ2) is 4.46. The maximum Gasteiger partial charge on any atom is 0.122 e. The van der Waals surface area contributed by atoms with Gasteiger partial charge in [-0.3, -0.25) is 0 Å². The van der Waals surface area contributed by atoms with Gasteiger partial charge in [0.1, 0.15) is 11.9 Å². The molecule has 2 heteroatoms. The van der Waals surface area contributed by atoms with Crippen LogP contribution in [0.1, 0.15) is 28.4 Å². The normalized spacial score (nSPS) is 15.0. The number of aryl methyl sites for hydroxylation is 1. The highest BCUT2D eigenvalue weighted by Crippen LogP contribution is 2.31. The van der Waals surface area contributed by atoms with Crippen LogP contribution in [-0.4, -0.2) is 11.7 Å². The monoisotopic (exact) mass is 240 g/mol. The first kappa shape index (κ1) is 11.3. The molecule has 1 N–H and O–H groups in total. The zero-order valence-electron chi connectivity index (χ0n) is 10.4. The fraction of sp³-hybridized carbons (Fsp3) is 0.250. The molecule has 0 radical (unpaired) electrons. The Hall–Kier alpha value is -1.80. The molecule has 1 aliphatic rings. The van der Waals surface area contributed by atoms with Crippen molar-refractivity contribution in [1.82, 2.24) is 0 Å². The van der Waals surface area contributed by atoms with Crippen molar-refractivity contribution >= 4 is 0 Å². The van der Waals surface area contributed by atoms with Crippen LogP contribution in [0.3, 0.4) is 0 Å². The lowest BCUT2D eigenvalue weighted by molar-refractivity contribution is 0.219. The Labute approximate surface area is 107 Å². The van der Waals surface area contributed by atoms with Crippen LogP contribution >= 0.6 is 0 Å². The molecule has 0 amide bonds. The van der Waals surface area contributed by atoms with Crippen molar-refractivity contribution in [3.05, 3.63) is 64.7 Å². The Balaban J connectivity index is 1.98. The van der Waals surface area contributed by atoms with Gasteiger partial charge in [-0.1, -0.05) is 30.3 Å². The molecule has 3 rings (SSSR count). The SMILES string of the molecule is Cc1ccccc1C(O)c1ccc2c(c1)CCO2. The van der Waals surface area contributed by atoms with Gasteiger partial charge in [-0.15, -0.1) is 0 Å². The Morgan fingerprint density at radius 1 is 1.17 bits per heavy atom. The standard InChI is InChI=1S/C16H16O2/c1-11-4-2-3-5-14(11)16(17)13-6-7-15-12(10-13)8-9-18-15/h2-7,10,16-17H,8-9H2,1H3. The molecule has 18 heavy (non-hydrogen) atoms. The Morgan fingerprint density at radius 2 is 2.00 bits per heavy atom. The number of ether oxygens (including phenoxy) is 1. The highest BCUT2D eigenvalue weighted by Gasteiger charge is 2.17. The van der Waals surface area contributed by atoms with Crippen LogP contribution in [-0.2, 0) is 6.42 Å². The van der Waals surface area contributed by atoms with Crippen molar-refractivity contribution < 1.29 is 9.84 Å². The Morgan fingerprint density at radius 3 is 2.83 bits per heavy atom. The van der Waals surface area contributed by atoms with E-state index >= 15 is 0 Å². The van der Waals surface area contributed by atoms with Gasteiger partial charge < -0.3 is 9.84 Å². The van der Waals surface area contributed by atoms with Crippen LogP contribution < -0.4 is 4.74 Å². The quantitative estimate of drug-likeness (QED) is 0.874. The summed E-state index contributed by atoms with van der Waals surface area (Å²) in [5.41, 5.74) is 4.21. The Kier molecular flexibility index (Phi) is 2.80. The van der Waals surface area contributed by atoms with Crippen LogP contribution in [0, 0.1) is 6.92 Å². The minimum atomic E-state index is -0.558. The highest BCUT2D eigenvalue weighted by atomic mass is 16.5. The molecular weight excluding hydrogens is 224 g/mol. The molecule has 0 saturated heterocycles. The summed E-state index contributed by atoms with van der Waals surface area (Å²) in [5.74, 6) is 0.954. The molecule has 0 aliphatic carbocycles. The number of rotatable bonds is 2. The molecular formula is C16H16O2. The topological polar surface area (TPSA) is 29.5 Å². The van der Waals surface area contributed by atoms with E-state index in [9.17, 15) is 5.11 Å². The lowest BCUT2D eigenvalue weighted by Crippen LogP contribution is -2.02. The van der Waals surface area contributed by atoms with Gasteiger partial charge in [0, 0.05) is 6.42 Å². The molecule has 1 aliphatic heterocycles. The van der Waals surface area contributed by atoms with E-state index in [1.54, 1.807) is 0 Å². The molecule has 1 heterocycles. The summed E-state index contributed by atoms with van der Waals surface area (Å²) in [6, 6.07) is 13.9. The van der Waals surface area contributed by atoms with E-state index in [0.717, 1.165) is 35.5 Å². The van der Waals surface area contributed by atoms with E-state index in [1.807, 2.05) is 43.3 Å². The summed E-state index contributed by atoms with van der Waals surface area (Å²) in [5, 5.41) is 10.5. The second-order valence-electron chi connectivity index (χ2n) is 4.72. The van der Waals surface area contributed by atoms with Crippen molar-refractivity contribution in [2.45, 2.75) is 19.4 Å². The number of hydrogen-bond donors (Lipinski definition) is 1. The zero-order chi connectivity index (χ0) is 12.5. The average Bonchev–Trinajstić information content (AvgIpc) is 2.85. The number of fused-ring (bicyclic) bond motifs is 1. The van der Waals surface area contributed by atoms with Gasteiger partial charge in [-0.25, -0.2) is 0 Å². The highest BCUT2D eigenvalue weighted by molar-refractivity contribution is 5.43. The fourth-order valence-electron chi connectivity index (χ4n) is 2.45. The first-order valence-electron chi connectivity index (χ1n) is 6.25. The van der Waals surface area contributed by atoms with Gasteiger partial charge in [0.25, 0.3) is 0 Å².